The molecule has 0 aliphatic rings. The molecule has 6 heteroatoms. The van der Waals surface area contributed by atoms with Gasteiger partial charge in [-0.2, -0.15) is 0 Å². The number of aromatic nitrogens is 2. The number of fused-ring (bicyclic) bond motifs is 1. The fourth-order valence-corrected chi connectivity index (χ4v) is 2.65. The van der Waals surface area contributed by atoms with Gasteiger partial charge in [-0.05, 0) is 30.3 Å². The van der Waals surface area contributed by atoms with E-state index in [-0.39, 0.29) is 11.7 Å². The first-order chi connectivity index (χ1) is 10.1. The molecule has 0 spiro atoms. The van der Waals surface area contributed by atoms with Crippen molar-refractivity contribution >= 4 is 34.2 Å². The van der Waals surface area contributed by atoms with E-state index in [0.29, 0.717) is 22.1 Å². The Balaban J connectivity index is 2.36. The normalized spacial score (nSPS) is 11.0. The summed E-state index contributed by atoms with van der Waals surface area (Å²) in [7, 11) is 1.58. The number of nitrogens with zero attached hydrogens (tertiary/aromatic N) is 2. The average Bonchev–Trinajstić information content (AvgIpc) is 2.84. The lowest BCUT2D eigenvalue weighted by molar-refractivity contribution is 0.413. The first kappa shape index (κ1) is 14.2. The van der Waals surface area contributed by atoms with Crippen LogP contribution in [0.25, 0.3) is 16.7 Å². The van der Waals surface area contributed by atoms with Crippen LogP contribution in [0.1, 0.15) is 5.82 Å². The van der Waals surface area contributed by atoms with Gasteiger partial charge in [0.25, 0.3) is 0 Å². The van der Waals surface area contributed by atoms with E-state index in [1.54, 1.807) is 31.4 Å². The predicted molar refractivity (Wildman–Crippen MR) is 82.1 cm³/mol. The van der Waals surface area contributed by atoms with Gasteiger partial charge in [-0.25, -0.2) is 9.37 Å². The second-order valence-corrected chi connectivity index (χ2v) is 5.15. The minimum absolute atomic E-state index is 0.186. The van der Waals surface area contributed by atoms with Gasteiger partial charge in [-0.1, -0.05) is 11.6 Å². The van der Waals surface area contributed by atoms with Crippen LogP contribution >= 0.6 is 23.2 Å². The van der Waals surface area contributed by atoms with E-state index >= 15 is 0 Å². The molecule has 0 fully saturated rings. The van der Waals surface area contributed by atoms with Gasteiger partial charge in [0.05, 0.1) is 29.7 Å². The zero-order chi connectivity index (χ0) is 15.0. The quantitative estimate of drug-likeness (QED) is 0.660. The summed E-state index contributed by atoms with van der Waals surface area (Å²) in [5.41, 5.74) is 2.00. The highest BCUT2D eigenvalue weighted by atomic mass is 35.5. The number of benzene rings is 2. The number of ether oxygens (including phenoxy) is 1. The molecule has 1 aromatic heterocycles. The van der Waals surface area contributed by atoms with Gasteiger partial charge in [0.15, 0.2) is 0 Å². The van der Waals surface area contributed by atoms with Crippen molar-refractivity contribution in [1.29, 1.82) is 0 Å². The maximum Gasteiger partial charge on any atom is 0.143 e. The molecule has 0 N–H and O–H groups in total. The molecular formula is C15H11Cl2FN2O. The molecule has 0 saturated carbocycles. The van der Waals surface area contributed by atoms with E-state index in [0.717, 1.165) is 11.2 Å². The van der Waals surface area contributed by atoms with Gasteiger partial charge in [-0.3, -0.25) is 4.57 Å². The van der Waals surface area contributed by atoms with Crippen molar-refractivity contribution in [2.24, 2.45) is 0 Å². The largest absolute Gasteiger partial charge is 0.495 e. The summed E-state index contributed by atoms with van der Waals surface area (Å²) < 4.78 is 20.6. The van der Waals surface area contributed by atoms with Crippen LogP contribution in [0.4, 0.5) is 4.39 Å². The zero-order valence-corrected chi connectivity index (χ0v) is 12.6. The summed E-state index contributed by atoms with van der Waals surface area (Å²) in [6, 6.07) is 9.69. The lowest BCUT2D eigenvalue weighted by Gasteiger charge is -2.13. The molecule has 0 bridgehead atoms. The van der Waals surface area contributed by atoms with Crippen LogP contribution in [-0.2, 0) is 5.88 Å². The maximum atomic E-state index is 13.4. The topological polar surface area (TPSA) is 27.1 Å². The molecular weight excluding hydrogens is 314 g/mol. The number of hydrogen-bond donors (Lipinski definition) is 0. The molecule has 0 saturated heterocycles. The Labute approximate surface area is 130 Å². The molecule has 0 unspecified atom stereocenters. The Hall–Kier alpha value is -1.78. The highest BCUT2D eigenvalue weighted by Crippen LogP contribution is 2.31. The zero-order valence-electron chi connectivity index (χ0n) is 11.1. The van der Waals surface area contributed by atoms with Crippen molar-refractivity contribution < 1.29 is 9.13 Å². The molecule has 0 atom stereocenters. The minimum atomic E-state index is -0.341. The number of imidazole rings is 1. The van der Waals surface area contributed by atoms with Crippen LogP contribution in [0.2, 0.25) is 5.02 Å². The van der Waals surface area contributed by atoms with Crippen molar-refractivity contribution in [1.82, 2.24) is 9.55 Å². The highest BCUT2D eigenvalue weighted by Gasteiger charge is 2.16. The molecule has 0 aliphatic carbocycles. The van der Waals surface area contributed by atoms with Crippen LogP contribution < -0.4 is 4.74 Å². The third kappa shape index (κ3) is 2.45. The minimum Gasteiger partial charge on any atom is -0.495 e. The monoisotopic (exact) mass is 324 g/mol. The first-order valence-electron chi connectivity index (χ1n) is 6.21. The maximum absolute atomic E-state index is 13.4. The van der Waals surface area contributed by atoms with Gasteiger partial charge in [0.2, 0.25) is 0 Å². The summed E-state index contributed by atoms with van der Waals surface area (Å²) >= 11 is 12.1. The van der Waals surface area contributed by atoms with Crippen molar-refractivity contribution in [3.63, 3.8) is 0 Å². The summed E-state index contributed by atoms with van der Waals surface area (Å²) in [5, 5.41) is 0.565. The lowest BCUT2D eigenvalue weighted by Crippen LogP contribution is -2.02. The number of hydrogen-bond acceptors (Lipinski definition) is 2. The van der Waals surface area contributed by atoms with Gasteiger partial charge >= 0.3 is 0 Å². The van der Waals surface area contributed by atoms with E-state index < -0.39 is 0 Å². The Morgan fingerprint density at radius 1 is 1.24 bits per heavy atom. The van der Waals surface area contributed by atoms with Crippen molar-refractivity contribution in [2.45, 2.75) is 5.88 Å². The fraction of sp³-hybridized carbons (Fsp3) is 0.133. The standard InChI is InChI=1S/C15H11Cl2FN2O/c1-21-14-5-2-9(17)6-13(14)20-12-4-3-10(18)7-11(12)19-15(20)8-16/h2-7H,8H2,1H3. The van der Waals surface area contributed by atoms with E-state index in [2.05, 4.69) is 4.98 Å². The number of methoxy groups -OCH3 is 1. The second-order valence-electron chi connectivity index (χ2n) is 4.45. The predicted octanol–water partition coefficient (Wildman–Crippen LogP) is 4.57. The number of rotatable bonds is 3. The number of alkyl halides is 1. The van der Waals surface area contributed by atoms with Gasteiger partial charge < -0.3 is 4.74 Å². The van der Waals surface area contributed by atoms with Crippen molar-refractivity contribution in [3.8, 4) is 11.4 Å². The van der Waals surface area contributed by atoms with E-state index in [9.17, 15) is 4.39 Å². The Morgan fingerprint density at radius 2 is 2.05 bits per heavy atom. The van der Waals surface area contributed by atoms with Crippen LogP contribution in [0.15, 0.2) is 36.4 Å². The third-order valence-electron chi connectivity index (χ3n) is 3.19. The molecule has 3 rings (SSSR count). The second kappa shape index (κ2) is 5.54. The van der Waals surface area contributed by atoms with E-state index in [1.165, 1.54) is 12.1 Å². The molecule has 0 radical (unpaired) electrons. The molecule has 3 aromatic rings. The van der Waals surface area contributed by atoms with Crippen LogP contribution in [0, 0.1) is 5.82 Å². The molecule has 0 aliphatic heterocycles. The molecule has 1 heterocycles. The Bertz CT molecular complexity index is 817. The van der Waals surface area contributed by atoms with Crippen LogP contribution in [0.3, 0.4) is 0 Å². The Morgan fingerprint density at radius 3 is 2.76 bits per heavy atom. The average molecular weight is 325 g/mol. The smallest absolute Gasteiger partial charge is 0.143 e. The highest BCUT2D eigenvalue weighted by molar-refractivity contribution is 6.30. The molecule has 21 heavy (non-hydrogen) atoms. The van der Waals surface area contributed by atoms with Crippen LogP contribution in [-0.4, -0.2) is 16.7 Å². The van der Waals surface area contributed by atoms with Gasteiger partial charge in [0.1, 0.15) is 17.4 Å². The summed E-state index contributed by atoms with van der Waals surface area (Å²) in [4.78, 5) is 4.37. The molecule has 2 aromatic carbocycles. The van der Waals surface area contributed by atoms with Crippen molar-refractivity contribution in [2.75, 3.05) is 7.11 Å². The summed E-state index contributed by atoms with van der Waals surface area (Å²) in [6.07, 6.45) is 0. The van der Waals surface area contributed by atoms with E-state index in [1.807, 2.05) is 4.57 Å². The molecule has 108 valence electrons. The first-order valence-corrected chi connectivity index (χ1v) is 7.12. The van der Waals surface area contributed by atoms with Crippen molar-refractivity contribution in [3.05, 3.63) is 53.1 Å². The lowest BCUT2D eigenvalue weighted by atomic mass is 10.2. The van der Waals surface area contributed by atoms with Crippen LogP contribution in [0.5, 0.6) is 5.75 Å². The Kier molecular flexibility index (Phi) is 3.74. The SMILES string of the molecule is COc1ccc(Cl)cc1-n1c(CCl)nc2cc(F)ccc21. The summed E-state index contributed by atoms with van der Waals surface area (Å²) in [5.74, 6) is 1.07. The van der Waals surface area contributed by atoms with Gasteiger partial charge in [-0.15, -0.1) is 11.6 Å². The molecule has 0 amide bonds. The summed E-state index contributed by atoms with van der Waals surface area (Å²) in [6.45, 7) is 0. The third-order valence-corrected chi connectivity index (χ3v) is 3.66. The number of halogens is 3. The fourth-order valence-electron chi connectivity index (χ4n) is 2.30. The van der Waals surface area contributed by atoms with Gasteiger partial charge in [0, 0.05) is 11.1 Å². The van der Waals surface area contributed by atoms with E-state index in [4.69, 9.17) is 27.9 Å². The molecule has 3 nitrogen and oxygen atoms in total.